The zero-order chi connectivity index (χ0) is 27.9. The number of alkyl halides is 3. The number of nitrogens with zero attached hydrogens (tertiary/aromatic N) is 3. The molecule has 8 nitrogen and oxygen atoms in total. The van der Waals surface area contributed by atoms with Crippen molar-refractivity contribution in [2.45, 2.75) is 33.2 Å². The summed E-state index contributed by atoms with van der Waals surface area (Å²) < 4.78 is 46.7. The first-order chi connectivity index (χ1) is 18.5. The monoisotopic (exact) mass is 555 g/mol. The highest BCUT2D eigenvalue weighted by atomic mass is 35.5. The molecule has 0 spiro atoms. The second-order valence-electron chi connectivity index (χ2n) is 8.96. The van der Waals surface area contributed by atoms with Crippen molar-refractivity contribution in [2.75, 3.05) is 0 Å². The Morgan fingerprint density at radius 3 is 2.62 bits per heavy atom. The van der Waals surface area contributed by atoms with E-state index >= 15 is 0 Å². The summed E-state index contributed by atoms with van der Waals surface area (Å²) in [6.07, 6.45) is -0.659. The summed E-state index contributed by atoms with van der Waals surface area (Å²) in [6, 6.07) is 9.14. The number of hydrogen-bond acceptors (Lipinski definition) is 5. The zero-order valence-corrected chi connectivity index (χ0v) is 21.4. The number of hydrogen-bond donors (Lipinski definition) is 2. The molecule has 0 amide bonds. The summed E-state index contributed by atoms with van der Waals surface area (Å²) in [4.78, 5) is 32.3. The van der Waals surface area contributed by atoms with Crippen molar-refractivity contribution in [2.24, 2.45) is 0 Å². The van der Waals surface area contributed by atoms with Gasteiger partial charge in [-0.3, -0.25) is 14.7 Å². The summed E-state index contributed by atoms with van der Waals surface area (Å²) in [6.45, 7) is 3.16. The largest absolute Gasteiger partial charge is 0.487 e. The number of benzene rings is 1. The molecule has 0 radical (unpaired) electrons. The zero-order valence-electron chi connectivity index (χ0n) is 20.7. The van der Waals surface area contributed by atoms with Gasteiger partial charge in [-0.05, 0) is 43.7 Å². The number of halogens is 4. The fourth-order valence-electron chi connectivity index (χ4n) is 4.40. The van der Waals surface area contributed by atoms with E-state index in [0.29, 0.717) is 17.3 Å². The van der Waals surface area contributed by atoms with Crippen LogP contribution in [0.4, 0.5) is 13.2 Å². The van der Waals surface area contributed by atoms with Crippen molar-refractivity contribution in [3.8, 4) is 17.0 Å². The average Bonchev–Trinajstić information content (AvgIpc) is 3.31. The Bertz CT molecular complexity index is 1820. The molecule has 0 fully saturated rings. The van der Waals surface area contributed by atoms with Crippen LogP contribution < -0.4 is 15.9 Å². The van der Waals surface area contributed by atoms with E-state index < -0.39 is 29.4 Å². The number of aromatic nitrogens is 5. The molecule has 0 bridgehead atoms. The van der Waals surface area contributed by atoms with Crippen LogP contribution in [0.5, 0.6) is 5.75 Å². The Balaban J connectivity index is 1.53. The number of H-pyrrole nitrogens is 2. The molecule has 0 saturated heterocycles. The third-order valence-corrected chi connectivity index (χ3v) is 6.65. The van der Waals surface area contributed by atoms with Gasteiger partial charge in [-0.2, -0.15) is 18.3 Å². The first kappa shape index (κ1) is 26.2. The SMILES string of the molecule is Cc1cc(-c2[nH]ncc2C)c2cccc(OCc3c(Cl)c[nH]c(=O)c3Cn3cccc(C(F)(F)F)c3=O)c2n1. The van der Waals surface area contributed by atoms with Crippen molar-refractivity contribution >= 4 is 22.5 Å². The van der Waals surface area contributed by atoms with Crippen LogP contribution in [0.3, 0.4) is 0 Å². The van der Waals surface area contributed by atoms with Gasteiger partial charge in [0, 0.05) is 40.2 Å². The number of para-hydroxylation sites is 1. The second-order valence-corrected chi connectivity index (χ2v) is 9.36. The predicted octanol–water partition coefficient (Wildman–Crippen LogP) is 5.39. The van der Waals surface area contributed by atoms with Gasteiger partial charge in [-0.25, -0.2) is 4.98 Å². The highest BCUT2D eigenvalue weighted by Crippen LogP contribution is 2.34. The topological polar surface area (TPSA) is 106 Å². The molecule has 2 N–H and O–H groups in total. The fourth-order valence-corrected chi connectivity index (χ4v) is 4.62. The molecule has 1 aromatic carbocycles. The van der Waals surface area contributed by atoms with E-state index in [-0.39, 0.29) is 22.8 Å². The first-order valence-corrected chi connectivity index (χ1v) is 12.1. The standard InChI is InChI=1S/C27H21ClF3N5O3/c1-14-10-33-35-23(14)17-9-15(2)34-24-16(17)5-3-7-22(24)39-13-19-18(25(37)32-11-21(19)28)12-36-8-4-6-20(26(36)38)27(29,30)31/h3-11H,12-13H2,1-2H3,(H,32,37)(H,33,35). The van der Waals surface area contributed by atoms with E-state index in [1.807, 2.05) is 26.0 Å². The van der Waals surface area contributed by atoms with Gasteiger partial charge >= 0.3 is 6.18 Å². The normalized spacial score (nSPS) is 11.7. The molecule has 5 rings (SSSR count). The molecular formula is C27H21ClF3N5O3. The van der Waals surface area contributed by atoms with Crippen molar-refractivity contribution in [1.29, 1.82) is 0 Å². The maximum absolute atomic E-state index is 13.3. The number of pyridine rings is 3. The Labute approximate surface area is 224 Å². The Hall–Kier alpha value is -4.38. The molecule has 0 aliphatic rings. The molecule has 12 heteroatoms. The Morgan fingerprint density at radius 2 is 1.90 bits per heavy atom. The number of nitrogens with one attached hydrogen (secondary N) is 2. The molecular weight excluding hydrogens is 535 g/mol. The summed E-state index contributed by atoms with van der Waals surface area (Å²) in [5, 5.41) is 8.05. The second kappa shape index (κ2) is 10.1. The Kier molecular flexibility index (Phi) is 6.77. The van der Waals surface area contributed by atoms with E-state index in [1.165, 1.54) is 12.4 Å². The molecule has 4 aromatic heterocycles. The van der Waals surface area contributed by atoms with Gasteiger partial charge < -0.3 is 14.3 Å². The van der Waals surface area contributed by atoms with Gasteiger partial charge in [-0.15, -0.1) is 0 Å². The van der Waals surface area contributed by atoms with Gasteiger partial charge in [0.25, 0.3) is 11.1 Å². The molecule has 0 saturated carbocycles. The molecule has 39 heavy (non-hydrogen) atoms. The number of aryl methyl sites for hydroxylation is 2. The molecule has 0 aliphatic heterocycles. The van der Waals surface area contributed by atoms with E-state index in [1.54, 1.807) is 18.3 Å². The van der Waals surface area contributed by atoms with Crippen LogP contribution in [0.2, 0.25) is 5.02 Å². The van der Waals surface area contributed by atoms with Crippen LogP contribution in [0.15, 0.2) is 64.6 Å². The van der Waals surface area contributed by atoms with Crippen molar-refractivity contribution < 1.29 is 17.9 Å². The van der Waals surface area contributed by atoms with Crippen molar-refractivity contribution in [3.05, 3.63) is 109 Å². The number of rotatable bonds is 6. The van der Waals surface area contributed by atoms with E-state index in [0.717, 1.165) is 38.5 Å². The van der Waals surface area contributed by atoms with Gasteiger partial charge in [0.05, 0.1) is 23.5 Å². The van der Waals surface area contributed by atoms with E-state index in [2.05, 4.69) is 20.2 Å². The lowest BCUT2D eigenvalue weighted by molar-refractivity contribution is -0.138. The molecule has 0 aliphatic carbocycles. The lowest BCUT2D eigenvalue weighted by Gasteiger charge is -2.16. The summed E-state index contributed by atoms with van der Waals surface area (Å²) >= 11 is 6.39. The highest BCUT2D eigenvalue weighted by molar-refractivity contribution is 6.31. The smallest absolute Gasteiger partial charge is 0.421 e. The van der Waals surface area contributed by atoms with Crippen molar-refractivity contribution in [1.82, 2.24) is 24.7 Å². The highest BCUT2D eigenvalue weighted by Gasteiger charge is 2.34. The van der Waals surface area contributed by atoms with E-state index in [4.69, 9.17) is 16.3 Å². The fraction of sp³-hybridized carbons (Fsp3) is 0.185. The number of fused-ring (bicyclic) bond motifs is 1. The third kappa shape index (κ3) is 5.05. The van der Waals surface area contributed by atoms with Gasteiger partial charge in [0.2, 0.25) is 0 Å². The van der Waals surface area contributed by atoms with E-state index in [9.17, 15) is 22.8 Å². The van der Waals surface area contributed by atoms with Gasteiger partial charge in [0.1, 0.15) is 23.4 Å². The Morgan fingerprint density at radius 1 is 1.10 bits per heavy atom. The lowest BCUT2D eigenvalue weighted by atomic mass is 10.0. The molecule has 0 atom stereocenters. The average molecular weight is 556 g/mol. The number of ether oxygens (including phenoxy) is 1. The van der Waals surface area contributed by atoms with Crippen LogP contribution in [-0.2, 0) is 19.3 Å². The molecule has 200 valence electrons. The van der Waals surface area contributed by atoms with Crippen LogP contribution in [0.1, 0.15) is 27.9 Å². The molecule has 0 unspecified atom stereocenters. The molecule has 5 aromatic rings. The summed E-state index contributed by atoms with van der Waals surface area (Å²) in [5.41, 5.74) is 1.02. The van der Waals surface area contributed by atoms with Crippen LogP contribution in [-0.4, -0.2) is 24.7 Å². The minimum Gasteiger partial charge on any atom is -0.487 e. The quantitative estimate of drug-likeness (QED) is 0.292. The minimum absolute atomic E-state index is 0.00192. The number of aromatic amines is 2. The third-order valence-electron chi connectivity index (χ3n) is 6.31. The summed E-state index contributed by atoms with van der Waals surface area (Å²) in [5.74, 6) is 0.410. The van der Waals surface area contributed by atoms with Gasteiger partial charge in [0.15, 0.2) is 0 Å². The lowest BCUT2D eigenvalue weighted by Crippen LogP contribution is -2.30. The summed E-state index contributed by atoms with van der Waals surface area (Å²) in [7, 11) is 0. The minimum atomic E-state index is -4.83. The van der Waals surface area contributed by atoms with Crippen LogP contribution >= 0.6 is 11.6 Å². The predicted molar refractivity (Wildman–Crippen MR) is 140 cm³/mol. The van der Waals surface area contributed by atoms with Crippen LogP contribution in [0, 0.1) is 13.8 Å². The van der Waals surface area contributed by atoms with Crippen molar-refractivity contribution in [3.63, 3.8) is 0 Å². The maximum Gasteiger partial charge on any atom is 0.421 e. The van der Waals surface area contributed by atoms with Crippen LogP contribution in [0.25, 0.3) is 22.2 Å². The van der Waals surface area contributed by atoms with Gasteiger partial charge in [-0.1, -0.05) is 23.7 Å². The molecule has 4 heterocycles. The first-order valence-electron chi connectivity index (χ1n) is 11.7. The maximum atomic E-state index is 13.3.